The molecule has 0 saturated carbocycles. The smallest absolute Gasteiger partial charge is 0.145 e. The minimum atomic E-state index is 0.399. The molecule has 0 aliphatic carbocycles. The summed E-state index contributed by atoms with van der Waals surface area (Å²) in [5, 5.41) is 11.8. The third-order valence-electron chi connectivity index (χ3n) is 2.05. The highest BCUT2D eigenvalue weighted by Gasteiger charge is 1.97. The third kappa shape index (κ3) is 4.41. The maximum Gasteiger partial charge on any atom is 0.145 e. The van der Waals surface area contributed by atoms with Gasteiger partial charge in [0.05, 0.1) is 0 Å². The molecule has 0 atom stereocenters. The Kier molecular flexibility index (Phi) is 4.55. The number of rotatable bonds is 5. The van der Waals surface area contributed by atoms with Crippen molar-refractivity contribution in [2.24, 2.45) is 5.92 Å². The Balaban J connectivity index is 2.35. The van der Waals surface area contributed by atoms with Crippen molar-refractivity contribution in [3.05, 3.63) is 18.1 Å². The number of nitriles is 1. The van der Waals surface area contributed by atoms with E-state index in [0.717, 1.165) is 24.7 Å². The van der Waals surface area contributed by atoms with Crippen LogP contribution in [0.4, 0.5) is 5.82 Å². The normalized spacial score (nSPS) is 10.0. The lowest BCUT2D eigenvalue weighted by Crippen LogP contribution is -2.05. The topological polar surface area (TPSA) is 61.6 Å². The first-order chi connectivity index (χ1) is 7.22. The summed E-state index contributed by atoms with van der Waals surface area (Å²) in [6.07, 6.45) is 3.72. The maximum absolute atomic E-state index is 8.64. The summed E-state index contributed by atoms with van der Waals surface area (Å²) in [6.45, 7) is 5.30. The van der Waals surface area contributed by atoms with Gasteiger partial charge in [-0.15, -0.1) is 0 Å². The van der Waals surface area contributed by atoms with Crippen LogP contribution in [0.1, 0.15) is 32.4 Å². The van der Waals surface area contributed by atoms with Gasteiger partial charge in [-0.05, 0) is 18.8 Å². The lowest BCUT2D eigenvalue weighted by Gasteiger charge is -2.06. The maximum atomic E-state index is 8.64. The van der Waals surface area contributed by atoms with E-state index in [1.165, 1.54) is 12.7 Å². The zero-order valence-corrected chi connectivity index (χ0v) is 9.20. The van der Waals surface area contributed by atoms with Gasteiger partial charge in [0.1, 0.15) is 23.9 Å². The molecule has 1 aromatic heterocycles. The first-order valence-corrected chi connectivity index (χ1v) is 5.18. The molecule has 0 aliphatic heterocycles. The molecule has 0 saturated heterocycles. The fraction of sp³-hybridized carbons (Fsp3) is 0.545. The first kappa shape index (κ1) is 11.4. The van der Waals surface area contributed by atoms with E-state index in [0.29, 0.717) is 5.69 Å². The molecule has 0 radical (unpaired) electrons. The summed E-state index contributed by atoms with van der Waals surface area (Å²) in [6, 6.07) is 3.65. The van der Waals surface area contributed by atoms with Crippen molar-refractivity contribution >= 4 is 5.82 Å². The van der Waals surface area contributed by atoms with Crippen LogP contribution in [-0.4, -0.2) is 16.5 Å². The van der Waals surface area contributed by atoms with Crippen LogP contribution in [-0.2, 0) is 0 Å². The number of hydrogen-bond acceptors (Lipinski definition) is 4. The lowest BCUT2D eigenvalue weighted by atomic mass is 10.1. The summed E-state index contributed by atoms with van der Waals surface area (Å²) in [7, 11) is 0. The highest BCUT2D eigenvalue weighted by Crippen LogP contribution is 2.06. The summed E-state index contributed by atoms with van der Waals surface area (Å²) in [4.78, 5) is 7.83. The average molecular weight is 204 g/mol. The highest BCUT2D eigenvalue weighted by atomic mass is 15.0. The number of nitrogens with one attached hydrogen (secondary N) is 1. The number of anilines is 1. The minimum Gasteiger partial charge on any atom is -0.370 e. The largest absolute Gasteiger partial charge is 0.370 e. The summed E-state index contributed by atoms with van der Waals surface area (Å²) >= 11 is 0. The van der Waals surface area contributed by atoms with Crippen molar-refractivity contribution in [2.75, 3.05) is 11.9 Å². The molecule has 0 fully saturated rings. The second-order valence-electron chi connectivity index (χ2n) is 3.86. The molecule has 0 amide bonds. The monoisotopic (exact) mass is 204 g/mol. The van der Waals surface area contributed by atoms with Crippen LogP contribution >= 0.6 is 0 Å². The molecule has 1 rings (SSSR count). The Labute approximate surface area is 90.4 Å². The molecule has 1 aromatic rings. The van der Waals surface area contributed by atoms with E-state index >= 15 is 0 Å². The first-order valence-electron chi connectivity index (χ1n) is 5.18. The quantitative estimate of drug-likeness (QED) is 0.747. The van der Waals surface area contributed by atoms with Gasteiger partial charge in [-0.25, -0.2) is 9.97 Å². The van der Waals surface area contributed by atoms with Crippen LogP contribution < -0.4 is 5.32 Å². The van der Waals surface area contributed by atoms with Gasteiger partial charge in [-0.3, -0.25) is 0 Å². The molecule has 4 heteroatoms. The van der Waals surface area contributed by atoms with E-state index in [-0.39, 0.29) is 0 Å². The summed E-state index contributed by atoms with van der Waals surface area (Å²) < 4.78 is 0. The van der Waals surface area contributed by atoms with Crippen molar-refractivity contribution < 1.29 is 0 Å². The van der Waals surface area contributed by atoms with Gasteiger partial charge in [0.2, 0.25) is 0 Å². The second-order valence-corrected chi connectivity index (χ2v) is 3.86. The molecular formula is C11H16N4. The summed E-state index contributed by atoms with van der Waals surface area (Å²) in [5.41, 5.74) is 0.399. The fourth-order valence-electron chi connectivity index (χ4n) is 1.24. The molecule has 0 aliphatic rings. The molecule has 4 nitrogen and oxygen atoms in total. The zero-order valence-electron chi connectivity index (χ0n) is 9.20. The van der Waals surface area contributed by atoms with Crippen molar-refractivity contribution in [1.29, 1.82) is 5.26 Å². The van der Waals surface area contributed by atoms with Gasteiger partial charge in [0.25, 0.3) is 0 Å². The van der Waals surface area contributed by atoms with E-state index in [1.807, 2.05) is 6.07 Å². The van der Waals surface area contributed by atoms with E-state index in [9.17, 15) is 0 Å². The van der Waals surface area contributed by atoms with E-state index in [4.69, 9.17) is 5.26 Å². The second kappa shape index (κ2) is 5.97. The molecule has 0 unspecified atom stereocenters. The van der Waals surface area contributed by atoms with Crippen molar-refractivity contribution in [1.82, 2.24) is 9.97 Å². The summed E-state index contributed by atoms with van der Waals surface area (Å²) in [5.74, 6) is 1.46. The number of hydrogen-bond donors (Lipinski definition) is 1. The predicted octanol–water partition coefficient (Wildman–Crippen LogP) is 2.20. The fourth-order valence-corrected chi connectivity index (χ4v) is 1.24. The molecule has 15 heavy (non-hydrogen) atoms. The Bertz CT molecular complexity index is 341. The van der Waals surface area contributed by atoms with Gasteiger partial charge in [0.15, 0.2) is 0 Å². The van der Waals surface area contributed by atoms with Crippen LogP contribution in [0.25, 0.3) is 0 Å². The van der Waals surface area contributed by atoms with Crippen LogP contribution in [0, 0.1) is 17.2 Å². The van der Waals surface area contributed by atoms with Crippen LogP contribution in [0.3, 0.4) is 0 Å². The van der Waals surface area contributed by atoms with Crippen molar-refractivity contribution in [2.45, 2.75) is 26.7 Å². The Morgan fingerprint density at radius 3 is 2.93 bits per heavy atom. The third-order valence-corrected chi connectivity index (χ3v) is 2.05. The Morgan fingerprint density at radius 1 is 1.47 bits per heavy atom. The SMILES string of the molecule is CC(C)CCCNc1cc(C#N)ncn1. The number of nitrogens with zero attached hydrogens (tertiary/aromatic N) is 3. The van der Waals surface area contributed by atoms with Gasteiger partial charge in [-0.2, -0.15) is 5.26 Å². The van der Waals surface area contributed by atoms with E-state index in [2.05, 4.69) is 29.1 Å². The molecule has 80 valence electrons. The van der Waals surface area contributed by atoms with E-state index in [1.54, 1.807) is 6.07 Å². The molecule has 1 heterocycles. The highest BCUT2D eigenvalue weighted by molar-refractivity contribution is 5.38. The van der Waals surface area contributed by atoms with E-state index < -0.39 is 0 Å². The molecule has 0 bridgehead atoms. The molecular weight excluding hydrogens is 188 g/mol. The molecule has 1 N–H and O–H groups in total. The predicted molar refractivity (Wildman–Crippen MR) is 59.3 cm³/mol. The van der Waals surface area contributed by atoms with Crippen molar-refractivity contribution in [3.8, 4) is 6.07 Å². The van der Waals surface area contributed by atoms with Gasteiger partial charge < -0.3 is 5.32 Å². The van der Waals surface area contributed by atoms with Crippen LogP contribution in [0.2, 0.25) is 0 Å². The Morgan fingerprint density at radius 2 is 2.27 bits per heavy atom. The average Bonchev–Trinajstić information content (AvgIpc) is 2.24. The van der Waals surface area contributed by atoms with Crippen molar-refractivity contribution in [3.63, 3.8) is 0 Å². The number of aromatic nitrogens is 2. The van der Waals surface area contributed by atoms with Crippen LogP contribution in [0.15, 0.2) is 12.4 Å². The van der Waals surface area contributed by atoms with Gasteiger partial charge >= 0.3 is 0 Å². The van der Waals surface area contributed by atoms with Crippen LogP contribution in [0.5, 0.6) is 0 Å². The minimum absolute atomic E-state index is 0.399. The Hall–Kier alpha value is -1.63. The molecule has 0 spiro atoms. The lowest BCUT2D eigenvalue weighted by molar-refractivity contribution is 0.566. The zero-order chi connectivity index (χ0) is 11.1. The van der Waals surface area contributed by atoms with Gasteiger partial charge in [0, 0.05) is 12.6 Å². The standard InChI is InChI=1S/C11H16N4/c1-9(2)4-3-5-13-11-6-10(7-12)14-8-15-11/h6,8-9H,3-5H2,1-2H3,(H,13,14,15). The van der Waals surface area contributed by atoms with Gasteiger partial charge in [-0.1, -0.05) is 13.8 Å². The molecule has 0 aromatic carbocycles.